The quantitative estimate of drug-likeness (QED) is 0.797. The van der Waals surface area contributed by atoms with Crippen molar-refractivity contribution in [2.45, 2.75) is 6.54 Å². The maximum absolute atomic E-state index is 5.44. The van der Waals surface area contributed by atoms with E-state index in [1.807, 2.05) is 18.2 Å². The van der Waals surface area contributed by atoms with Gasteiger partial charge in [0, 0.05) is 18.1 Å². The van der Waals surface area contributed by atoms with Gasteiger partial charge in [-0.25, -0.2) is 4.98 Å². The van der Waals surface area contributed by atoms with Crippen molar-refractivity contribution in [2.75, 3.05) is 12.1 Å². The Bertz CT molecular complexity index is 756. The van der Waals surface area contributed by atoms with Gasteiger partial charge in [0.25, 0.3) is 0 Å². The monoisotopic (exact) mass is 284 g/mol. The Morgan fingerprint density at radius 1 is 1.20 bits per heavy atom. The summed E-state index contributed by atoms with van der Waals surface area (Å²) >= 11 is 1.70. The lowest BCUT2D eigenvalue weighted by atomic mass is 10.1. The molecule has 3 aromatic rings. The molecule has 3 heterocycles. The highest BCUT2D eigenvalue weighted by Crippen LogP contribution is 2.37. The van der Waals surface area contributed by atoms with Crippen molar-refractivity contribution in [3.8, 4) is 11.5 Å². The third-order valence-electron chi connectivity index (χ3n) is 3.30. The molecule has 5 heteroatoms. The van der Waals surface area contributed by atoms with Gasteiger partial charge in [-0.3, -0.25) is 0 Å². The molecule has 100 valence electrons. The van der Waals surface area contributed by atoms with Gasteiger partial charge in [0.05, 0.1) is 0 Å². The Balaban J connectivity index is 1.71. The molecule has 4 nitrogen and oxygen atoms in total. The van der Waals surface area contributed by atoms with Gasteiger partial charge in [-0.1, -0.05) is 0 Å². The fourth-order valence-electron chi connectivity index (χ4n) is 2.28. The molecule has 2 aromatic heterocycles. The molecule has 1 N–H and O–H groups in total. The van der Waals surface area contributed by atoms with Crippen molar-refractivity contribution in [3.05, 3.63) is 46.8 Å². The molecule has 1 aliphatic rings. The van der Waals surface area contributed by atoms with Crippen LogP contribution in [-0.4, -0.2) is 11.8 Å². The Kier molecular flexibility index (Phi) is 2.70. The van der Waals surface area contributed by atoms with Crippen LogP contribution < -0.4 is 14.8 Å². The fourth-order valence-corrected chi connectivity index (χ4v) is 2.95. The number of pyridine rings is 1. The summed E-state index contributed by atoms with van der Waals surface area (Å²) in [4.78, 5) is 4.43. The molecule has 1 aliphatic heterocycles. The van der Waals surface area contributed by atoms with Crippen LogP contribution in [0.15, 0.2) is 41.2 Å². The summed E-state index contributed by atoms with van der Waals surface area (Å²) in [7, 11) is 0. The van der Waals surface area contributed by atoms with E-state index in [9.17, 15) is 0 Å². The minimum atomic E-state index is 0.288. The van der Waals surface area contributed by atoms with Crippen molar-refractivity contribution in [1.29, 1.82) is 0 Å². The number of nitrogens with zero attached hydrogens (tertiary/aromatic N) is 1. The molecule has 0 saturated heterocycles. The van der Waals surface area contributed by atoms with E-state index in [1.165, 1.54) is 5.56 Å². The molecule has 0 aliphatic carbocycles. The number of benzene rings is 1. The second-order valence-electron chi connectivity index (χ2n) is 4.57. The average Bonchev–Trinajstić information content (AvgIpc) is 3.13. The third kappa shape index (κ3) is 1.96. The van der Waals surface area contributed by atoms with Crippen LogP contribution >= 0.6 is 11.3 Å². The summed E-state index contributed by atoms with van der Waals surface area (Å²) < 4.78 is 10.8. The number of nitrogens with one attached hydrogen (secondary N) is 1. The van der Waals surface area contributed by atoms with Gasteiger partial charge >= 0.3 is 0 Å². The molecular weight excluding hydrogens is 272 g/mol. The number of hydrogen-bond donors (Lipinski definition) is 1. The molecule has 0 radical (unpaired) electrons. The van der Waals surface area contributed by atoms with E-state index in [1.54, 1.807) is 17.5 Å². The molecule has 0 saturated carbocycles. The second-order valence-corrected chi connectivity index (χ2v) is 5.35. The molecule has 0 amide bonds. The predicted octanol–water partition coefficient (Wildman–Crippen LogP) is 3.64. The zero-order valence-corrected chi connectivity index (χ0v) is 11.4. The Morgan fingerprint density at radius 2 is 2.10 bits per heavy atom. The smallest absolute Gasteiger partial charge is 0.231 e. The van der Waals surface area contributed by atoms with Gasteiger partial charge in [-0.2, -0.15) is 11.3 Å². The van der Waals surface area contributed by atoms with Crippen molar-refractivity contribution >= 4 is 27.9 Å². The average molecular weight is 284 g/mol. The van der Waals surface area contributed by atoms with E-state index in [-0.39, 0.29) is 6.79 Å². The molecule has 4 rings (SSSR count). The molecule has 0 fully saturated rings. The Morgan fingerprint density at radius 3 is 2.95 bits per heavy atom. The maximum Gasteiger partial charge on any atom is 0.231 e. The van der Waals surface area contributed by atoms with Crippen LogP contribution in [0.1, 0.15) is 5.56 Å². The molecule has 1 aromatic carbocycles. The lowest BCUT2D eigenvalue weighted by Gasteiger charge is -2.08. The topological polar surface area (TPSA) is 43.4 Å². The number of fused-ring (bicyclic) bond motifs is 2. The van der Waals surface area contributed by atoms with E-state index < -0.39 is 0 Å². The van der Waals surface area contributed by atoms with Crippen LogP contribution in [0.3, 0.4) is 0 Å². The summed E-state index contributed by atoms with van der Waals surface area (Å²) in [6.45, 7) is 1.06. The van der Waals surface area contributed by atoms with Gasteiger partial charge in [0.15, 0.2) is 11.5 Å². The van der Waals surface area contributed by atoms with Crippen LogP contribution in [0.25, 0.3) is 10.8 Å². The maximum atomic E-state index is 5.44. The first kappa shape index (κ1) is 11.5. The highest BCUT2D eigenvalue weighted by atomic mass is 32.1. The van der Waals surface area contributed by atoms with E-state index in [0.29, 0.717) is 0 Å². The minimum Gasteiger partial charge on any atom is -0.454 e. The first-order valence-electron chi connectivity index (χ1n) is 6.33. The summed E-state index contributed by atoms with van der Waals surface area (Å²) in [5.41, 5.74) is 1.26. The van der Waals surface area contributed by atoms with Crippen molar-refractivity contribution in [3.63, 3.8) is 0 Å². The predicted molar refractivity (Wildman–Crippen MR) is 79.5 cm³/mol. The van der Waals surface area contributed by atoms with Crippen LogP contribution in [0, 0.1) is 0 Å². The van der Waals surface area contributed by atoms with Crippen LogP contribution in [-0.2, 0) is 6.54 Å². The number of anilines is 1. The first-order valence-corrected chi connectivity index (χ1v) is 7.28. The van der Waals surface area contributed by atoms with Crippen LogP contribution in [0.2, 0.25) is 0 Å². The van der Waals surface area contributed by atoms with Gasteiger partial charge in [0.1, 0.15) is 5.82 Å². The standard InChI is InChI=1S/C15H12N2O2S/c1-3-16-15(17-7-10-2-4-20-8-10)12-6-14-13(5-11(1)12)18-9-19-14/h1-6,8H,7,9H2,(H,16,17). The Labute approximate surface area is 120 Å². The van der Waals surface area contributed by atoms with Gasteiger partial charge in [0.2, 0.25) is 6.79 Å². The third-order valence-corrected chi connectivity index (χ3v) is 4.03. The zero-order valence-electron chi connectivity index (χ0n) is 10.6. The number of ether oxygens (including phenoxy) is 2. The van der Waals surface area contributed by atoms with E-state index in [4.69, 9.17) is 9.47 Å². The van der Waals surface area contributed by atoms with Gasteiger partial charge in [-0.05, 0) is 46.0 Å². The fraction of sp³-hybridized carbons (Fsp3) is 0.133. The van der Waals surface area contributed by atoms with Crippen molar-refractivity contribution < 1.29 is 9.47 Å². The summed E-state index contributed by atoms with van der Waals surface area (Å²) in [6.07, 6.45) is 1.81. The van der Waals surface area contributed by atoms with E-state index in [2.05, 4.69) is 27.1 Å². The van der Waals surface area contributed by atoms with Crippen LogP contribution in [0.5, 0.6) is 11.5 Å². The van der Waals surface area contributed by atoms with E-state index >= 15 is 0 Å². The van der Waals surface area contributed by atoms with Gasteiger partial charge in [-0.15, -0.1) is 0 Å². The lowest BCUT2D eigenvalue weighted by Crippen LogP contribution is -2.00. The second kappa shape index (κ2) is 4.68. The highest BCUT2D eigenvalue weighted by molar-refractivity contribution is 7.07. The van der Waals surface area contributed by atoms with E-state index in [0.717, 1.165) is 34.6 Å². The molecule has 0 unspecified atom stereocenters. The summed E-state index contributed by atoms with van der Waals surface area (Å²) in [5.74, 6) is 2.45. The molecule has 0 spiro atoms. The largest absolute Gasteiger partial charge is 0.454 e. The molecule has 0 bridgehead atoms. The molecule has 20 heavy (non-hydrogen) atoms. The minimum absolute atomic E-state index is 0.288. The van der Waals surface area contributed by atoms with Gasteiger partial charge < -0.3 is 14.8 Å². The number of hydrogen-bond acceptors (Lipinski definition) is 5. The summed E-state index contributed by atoms with van der Waals surface area (Å²) in [5, 5.41) is 9.73. The normalized spacial score (nSPS) is 12.8. The lowest BCUT2D eigenvalue weighted by molar-refractivity contribution is 0.174. The number of aromatic nitrogens is 1. The summed E-state index contributed by atoms with van der Waals surface area (Å²) in [6, 6.07) is 8.07. The van der Waals surface area contributed by atoms with Crippen molar-refractivity contribution in [2.24, 2.45) is 0 Å². The SMILES string of the molecule is c1cc2cc3c(cc2c(NCc2ccsc2)n1)OCO3. The zero-order chi connectivity index (χ0) is 13.4. The number of rotatable bonds is 3. The Hall–Kier alpha value is -2.27. The highest BCUT2D eigenvalue weighted by Gasteiger charge is 2.15. The molecule has 0 atom stereocenters. The van der Waals surface area contributed by atoms with Crippen molar-refractivity contribution in [1.82, 2.24) is 4.98 Å². The van der Waals surface area contributed by atoms with Crippen LogP contribution in [0.4, 0.5) is 5.82 Å². The number of thiophene rings is 1. The first-order chi connectivity index (χ1) is 9.90. The molecular formula is C15H12N2O2S.